The van der Waals surface area contributed by atoms with Crippen LogP contribution in [0.15, 0.2) is 46.0 Å². The third-order valence-electron chi connectivity index (χ3n) is 6.47. The molecule has 0 aliphatic carbocycles. The Kier molecular flexibility index (Phi) is 7.52. The van der Waals surface area contributed by atoms with Gasteiger partial charge in [-0.25, -0.2) is 13.9 Å². The van der Waals surface area contributed by atoms with Gasteiger partial charge in [0, 0.05) is 23.8 Å². The van der Waals surface area contributed by atoms with Gasteiger partial charge in [-0.1, -0.05) is 19.9 Å². The van der Waals surface area contributed by atoms with Crippen molar-refractivity contribution in [1.82, 2.24) is 24.1 Å². The first-order chi connectivity index (χ1) is 18.0. The molecule has 10 nitrogen and oxygen atoms in total. The summed E-state index contributed by atoms with van der Waals surface area (Å²) in [7, 11) is 0. The number of nitrogens with zero attached hydrogens (tertiary/aromatic N) is 4. The molecule has 0 radical (unpaired) electrons. The van der Waals surface area contributed by atoms with Crippen molar-refractivity contribution in [2.24, 2.45) is 5.92 Å². The molecule has 2 aromatic carbocycles. The number of aryl methyl sites for hydroxylation is 3. The minimum atomic E-state index is -0.569. The maximum Gasteiger partial charge on any atom is 0.352 e. The van der Waals surface area contributed by atoms with Crippen LogP contribution < -0.4 is 21.9 Å². The number of hydrogen-bond donors (Lipinski definition) is 2. The minimum absolute atomic E-state index is 0.0800. The fraction of sp³-hybridized carbons (Fsp3) is 0.393. The Morgan fingerprint density at radius 3 is 2.37 bits per heavy atom. The quantitative estimate of drug-likeness (QED) is 0.371. The minimum Gasteiger partial charge on any atom is -0.350 e. The number of anilines is 1. The summed E-state index contributed by atoms with van der Waals surface area (Å²) in [6.07, 6.45) is 0.699. The largest absolute Gasteiger partial charge is 0.352 e. The van der Waals surface area contributed by atoms with Gasteiger partial charge < -0.3 is 10.6 Å². The van der Waals surface area contributed by atoms with Crippen LogP contribution in [0.2, 0.25) is 0 Å². The molecule has 2 amide bonds. The van der Waals surface area contributed by atoms with Gasteiger partial charge in [-0.2, -0.15) is 0 Å². The van der Waals surface area contributed by atoms with Crippen LogP contribution in [0.1, 0.15) is 55.6 Å². The first kappa shape index (κ1) is 26.8. The summed E-state index contributed by atoms with van der Waals surface area (Å²) >= 11 is 0. The van der Waals surface area contributed by atoms with Crippen LogP contribution in [0.4, 0.5) is 5.69 Å². The number of nitrogens with one attached hydrogen (secondary N) is 2. The molecule has 0 unspecified atom stereocenters. The van der Waals surface area contributed by atoms with Crippen molar-refractivity contribution in [2.75, 3.05) is 5.32 Å². The summed E-state index contributed by atoms with van der Waals surface area (Å²) in [6, 6.07) is 10.2. The van der Waals surface area contributed by atoms with Gasteiger partial charge in [0.25, 0.3) is 11.5 Å². The zero-order valence-corrected chi connectivity index (χ0v) is 22.7. The van der Waals surface area contributed by atoms with Crippen LogP contribution in [-0.2, 0) is 17.9 Å². The van der Waals surface area contributed by atoms with Crippen molar-refractivity contribution >= 4 is 34.2 Å². The smallest absolute Gasteiger partial charge is 0.350 e. The van der Waals surface area contributed by atoms with E-state index in [1.54, 1.807) is 18.2 Å². The van der Waals surface area contributed by atoms with E-state index < -0.39 is 11.6 Å². The molecule has 0 aliphatic rings. The van der Waals surface area contributed by atoms with Crippen molar-refractivity contribution in [3.05, 3.63) is 73.9 Å². The Labute approximate surface area is 220 Å². The van der Waals surface area contributed by atoms with Crippen molar-refractivity contribution in [3.8, 4) is 0 Å². The summed E-state index contributed by atoms with van der Waals surface area (Å²) in [5.41, 5.74) is 2.47. The summed E-state index contributed by atoms with van der Waals surface area (Å²) < 4.78 is 3.83. The topological polar surface area (TPSA) is 120 Å². The second-order valence-electron chi connectivity index (χ2n) is 10.4. The van der Waals surface area contributed by atoms with Crippen LogP contribution in [0.3, 0.4) is 0 Å². The molecule has 0 aliphatic heterocycles. The number of aromatic nitrogens is 4. The van der Waals surface area contributed by atoms with Gasteiger partial charge in [0.1, 0.15) is 6.54 Å². The molecule has 200 valence electrons. The van der Waals surface area contributed by atoms with E-state index in [2.05, 4.69) is 15.7 Å². The zero-order chi connectivity index (χ0) is 27.7. The lowest BCUT2D eigenvalue weighted by Crippen LogP contribution is -2.31. The average molecular weight is 519 g/mol. The highest BCUT2D eigenvalue weighted by Crippen LogP contribution is 2.16. The van der Waals surface area contributed by atoms with Crippen LogP contribution in [0.5, 0.6) is 0 Å². The normalized spacial score (nSPS) is 11.6. The van der Waals surface area contributed by atoms with E-state index in [1.807, 2.05) is 53.7 Å². The van der Waals surface area contributed by atoms with E-state index in [1.165, 1.54) is 15.0 Å². The van der Waals surface area contributed by atoms with Crippen molar-refractivity contribution in [1.29, 1.82) is 0 Å². The first-order valence-corrected chi connectivity index (χ1v) is 12.8. The Hall–Kier alpha value is -4.21. The van der Waals surface area contributed by atoms with Gasteiger partial charge in [0.05, 0.1) is 10.9 Å². The molecule has 0 bridgehead atoms. The number of rotatable bonds is 8. The molecule has 4 rings (SSSR count). The average Bonchev–Trinajstić information content (AvgIpc) is 3.16. The number of carbonyl (C=O) groups is 2. The van der Waals surface area contributed by atoms with Crippen LogP contribution >= 0.6 is 0 Å². The van der Waals surface area contributed by atoms with Crippen molar-refractivity contribution < 1.29 is 9.59 Å². The van der Waals surface area contributed by atoms with Crippen molar-refractivity contribution in [2.45, 2.75) is 67.1 Å². The van der Waals surface area contributed by atoms with Gasteiger partial charge in [0.2, 0.25) is 11.7 Å². The van der Waals surface area contributed by atoms with E-state index >= 15 is 0 Å². The first-order valence-electron chi connectivity index (χ1n) is 12.8. The molecule has 2 N–H and O–H groups in total. The highest BCUT2D eigenvalue weighted by atomic mass is 16.2. The van der Waals surface area contributed by atoms with Gasteiger partial charge in [-0.15, -0.1) is 5.10 Å². The summed E-state index contributed by atoms with van der Waals surface area (Å²) in [5.74, 6) is -0.283. The molecule has 38 heavy (non-hydrogen) atoms. The highest BCUT2D eigenvalue weighted by Gasteiger charge is 2.20. The Morgan fingerprint density at radius 1 is 0.974 bits per heavy atom. The molecular weight excluding hydrogens is 484 g/mol. The third-order valence-corrected chi connectivity index (χ3v) is 6.47. The molecule has 2 aromatic heterocycles. The molecule has 4 aromatic rings. The van der Waals surface area contributed by atoms with Gasteiger partial charge >= 0.3 is 5.69 Å². The predicted octanol–water partition coefficient (Wildman–Crippen LogP) is 3.25. The molecule has 10 heteroatoms. The highest BCUT2D eigenvalue weighted by molar-refractivity contribution is 5.98. The fourth-order valence-electron chi connectivity index (χ4n) is 4.25. The van der Waals surface area contributed by atoms with Crippen LogP contribution in [0, 0.1) is 19.8 Å². The maximum absolute atomic E-state index is 13.6. The van der Waals surface area contributed by atoms with Gasteiger partial charge in [0.15, 0.2) is 0 Å². The molecule has 0 spiro atoms. The summed E-state index contributed by atoms with van der Waals surface area (Å²) in [4.78, 5) is 52.5. The second-order valence-corrected chi connectivity index (χ2v) is 10.4. The number of amides is 2. The third kappa shape index (κ3) is 5.39. The summed E-state index contributed by atoms with van der Waals surface area (Å²) in [5, 5.41) is 10.3. The van der Waals surface area contributed by atoms with E-state index in [0.717, 1.165) is 15.8 Å². The lowest BCUT2D eigenvalue weighted by molar-refractivity contribution is -0.117. The summed E-state index contributed by atoms with van der Waals surface area (Å²) in [6.45, 7) is 11.8. The number of benzene rings is 2. The molecular formula is C28H34N6O4. The van der Waals surface area contributed by atoms with E-state index in [0.29, 0.717) is 35.5 Å². The standard InChI is InChI=1S/C28H34N6O4/c1-16(2)11-12-32-26(37)22-10-8-20(25(36)29-17(3)4)14-23(22)34-27(32)31-33(28(34)38)15-24(35)30-21-9-7-18(5)19(6)13-21/h7-10,13-14,16-17H,11-12,15H2,1-6H3,(H,29,36)(H,30,35). The number of hydrogen-bond acceptors (Lipinski definition) is 5. The van der Waals surface area contributed by atoms with E-state index in [-0.39, 0.29) is 35.3 Å². The monoisotopic (exact) mass is 518 g/mol. The zero-order valence-electron chi connectivity index (χ0n) is 22.7. The van der Waals surface area contributed by atoms with E-state index in [9.17, 15) is 19.2 Å². The number of carbonyl (C=O) groups excluding carboxylic acids is 2. The Bertz CT molecular complexity index is 1660. The predicted molar refractivity (Wildman–Crippen MR) is 148 cm³/mol. The van der Waals surface area contributed by atoms with Gasteiger partial charge in [-0.05, 0) is 81.5 Å². The molecule has 0 saturated carbocycles. The fourth-order valence-corrected chi connectivity index (χ4v) is 4.25. The van der Waals surface area contributed by atoms with Crippen LogP contribution in [-0.4, -0.2) is 36.6 Å². The number of fused-ring (bicyclic) bond motifs is 3. The maximum atomic E-state index is 13.6. The lowest BCUT2D eigenvalue weighted by atomic mass is 10.1. The molecule has 0 fully saturated rings. The second kappa shape index (κ2) is 10.6. The Morgan fingerprint density at radius 2 is 1.71 bits per heavy atom. The van der Waals surface area contributed by atoms with Gasteiger partial charge in [-0.3, -0.25) is 19.0 Å². The molecule has 2 heterocycles. The van der Waals surface area contributed by atoms with Crippen molar-refractivity contribution in [3.63, 3.8) is 0 Å². The van der Waals surface area contributed by atoms with E-state index in [4.69, 9.17) is 0 Å². The molecule has 0 saturated heterocycles. The molecule has 0 atom stereocenters. The van der Waals surface area contributed by atoms with Crippen LogP contribution in [0.25, 0.3) is 16.7 Å². The lowest BCUT2D eigenvalue weighted by Gasteiger charge is -2.12. The Balaban J connectivity index is 1.83. The SMILES string of the molecule is Cc1ccc(NC(=O)Cn2nc3n(CCC(C)C)c(=O)c4ccc(C(=O)NC(C)C)cc4n3c2=O)cc1C.